The summed E-state index contributed by atoms with van der Waals surface area (Å²) < 4.78 is 39.4. The Labute approximate surface area is 106 Å². The molecule has 1 aromatic rings. The average molecular weight is 276 g/mol. The smallest absolute Gasteiger partial charge is 0.481 e. The Hall–Kier alpha value is -2.05. The summed E-state index contributed by atoms with van der Waals surface area (Å²) in [5.41, 5.74) is 0.142. The highest BCUT2D eigenvalue weighted by Crippen LogP contribution is 2.23. The number of alkyl halides is 3. The quantitative estimate of drug-likeness (QED) is 0.840. The van der Waals surface area contributed by atoms with Crippen molar-refractivity contribution in [3.63, 3.8) is 0 Å². The van der Waals surface area contributed by atoms with Gasteiger partial charge in [-0.1, -0.05) is 6.92 Å². The molecule has 104 valence electrons. The first kappa shape index (κ1) is 15.0. The summed E-state index contributed by atoms with van der Waals surface area (Å²) in [4.78, 5) is 22.2. The van der Waals surface area contributed by atoms with Crippen molar-refractivity contribution < 1.29 is 32.6 Å². The highest BCUT2D eigenvalue weighted by molar-refractivity contribution is 5.99. The largest absolute Gasteiger partial charge is 0.573 e. The molecule has 0 heterocycles. The van der Waals surface area contributed by atoms with Crippen molar-refractivity contribution in [3.05, 3.63) is 29.8 Å². The number of Topliss-reactive ketones (excluding diaryl/α,β-unsaturated/α-hetero) is 1. The maximum absolute atomic E-state index is 11.9. The fourth-order valence-electron chi connectivity index (χ4n) is 1.46. The van der Waals surface area contributed by atoms with Crippen molar-refractivity contribution >= 4 is 11.8 Å². The number of halogens is 3. The third-order valence-electron chi connectivity index (χ3n) is 2.30. The first-order valence-corrected chi connectivity index (χ1v) is 5.31. The topological polar surface area (TPSA) is 63.6 Å². The van der Waals surface area contributed by atoms with Gasteiger partial charge in [-0.3, -0.25) is 9.59 Å². The fourth-order valence-corrected chi connectivity index (χ4v) is 1.46. The number of hydrogen-bond acceptors (Lipinski definition) is 3. The molecule has 0 aromatic heterocycles. The molecule has 4 nitrogen and oxygen atoms in total. The van der Waals surface area contributed by atoms with Crippen molar-refractivity contribution in [3.8, 4) is 5.75 Å². The third kappa shape index (κ3) is 4.99. The van der Waals surface area contributed by atoms with E-state index in [2.05, 4.69) is 4.74 Å². The average Bonchev–Trinajstić information content (AvgIpc) is 2.26. The lowest BCUT2D eigenvalue weighted by Crippen LogP contribution is -2.18. The first-order chi connectivity index (χ1) is 8.69. The van der Waals surface area contributed by atoms with Crippen LogP contribution in [-0.2, 0) is 4.79 Å². The number of ketones is 1. The summed E-state index contributed by atoms with van der Waals surface area (Å²) in [7, 11) is 0. The molecule has 0 saturated heterocycles. The summed E-state index contributed by atoms with van der Waals surface area (Å²) >= 11 is 0. The Morgan fingerprint density at radius 3 is 2.21 bits per heavy atom. The lowest BCUT2D eigenvalue weighted by Gasteiger charge is -2.10. The Kier molecular flexibility index (Phi) is 4.52. The molecule has 0 aliphatic heterocycles. The van der Waals surface area contributed by atoms with E-state index in [1.54, 1.807) is 0 Å². The van der Waals surface area contributed by atoms with Gasteiger partial charge in [0.05, 0.1) is 6.42 Å². The second-order valence-electron chi connectivity index (χ2n) is 3.94. The molecule has 0 fully saturated rings. The zero-order valence-electron chi connectivity index (χ0n) is 9.90. The van der Waals surface area contributed by atoms with Gasteiger partial charge in [0.1, 0.15) is 5.75 Å². The lowest BCUT2D eigenvalue weighted by atomic mass is 9.96. The third-order valence-corrected chi connectivity index (χ3v) is 2.30. The summed E-state index contributed by atoms with van der Waals surface area (Å²) in [5.74, 6) is -2.74. The van der Waals surface area contributed by atoms with Gasteiger partial charge in [0.15, 0.2) is 5.78 Å². The molecule has 7 heteroatoms. The summed E-state index contributed by atoms with van der Waals surface area (Å²) in [5, 5.41) is 8.55. The van der Waals surface area contributed by atoms with E-state index in [1.165, 1.54) is 19.1 Å². The molecule has 19 heavy (non-hydrogen) atoms. The van der Waals surface area contributed by atoms with Crippen LogP contribution in [0.3, 0.4) is 0 Å². The van der Waals surface area contributed by atoms with Crippen LogP contribution >= 0.6 is 0 Å². The number of aliphatic carboxylic acids is 1. The van der Waals surface area contributed by atoms with Gasteiger partial charge in [-0.15, -0.1) is 13.2 Å². The zero-order valence-corrected chi connectivity index (χ0v) is 9.90. The van der Waals surface area contributed by atoms with Crippen LogP contribution in [0.25, 0.3) is 0 Å². The maximum Gasteiger partial charge on any atom is 0.573 e. The predicted octanol–water partition coefficient (Wildman–Crippen LogP) is 2.88. The van der Waals surface area contributed by atoms with Gasteiger partial charge in [-0.25, -0.2) is 0 Å². The van der Waals surface area contributed by atoms with Gasteiger partial charge in [-0.2, -0.15) is 0 Å². The SMILES string of the molecule is CC(CC(=O)O)C(=O)c1ccc(OC(F)(F)F)cc1. The second kappa shape index (κ2) is 5.73. The van der Waals surface area contributed by atoms with E-state index in [1.807, 2.05) is 0 Å². The molecule has 0 radical (unpaired) electrons. The minimum atomic E-state index is -4.79. The second-order valence-corrected chi connectivity index (χ2v) is 3.94. The van der Waals surface area contributed by atoms with E-state index in [9.17, 15) is 22.8 Å². The van der Waals surface area contributed by atoms with Crippen LogP contribution in [0.15, 0.2) is 24.3 Å². The minimum absolute atomic E-state index is 0.142. The Balaban J connectivity index is 2.76. The van der Waals surface area contributed by atoms with Crippen molar-refractivity contribution in [2.75, 3.05) is 0 Å². The molecule has 0 aliphatic carbocycles. The molecule has 0 aliphatic rings. The van der Waals surface area contributed by atoms with E-state index >= 15 is 0 Å². The van der Waals surface area contributed by atoms with E-state index in [0.717, 1.165) is 12.1 Å². The van der Waals surface area contributed by atoms with E-state index in [0.29, 0.717) is 0 Å². The molecule has 0 bridgehead atoms. The standard InChI is InChI=1S/C12H11F3O4/c1-7(6-10(16)17)11(18)8-2-4-9(5-3-8)19-12(13,14)15/h2-5,7H,6H2,1H3,(H,16,17). The van der Waals surface area contributed by atoms with Crippen LogP contribution in [0.5, 0.6) is 5.75 Å². The molecular formula is C12H11F3O4. The monoisotopic (exact) mass is 276 g/mol. The van der Waals surface area contributed by atoms with E-state index < -0.39 is 29.8 Å². The Morgan fingerprint density at radius 1 is 1.26 bits per heavy atom. The normalized spacial score (nSPS) is 12.8. The number of rotatable bonds is 5. The van der Waals surface area contributed by atoms with E-state index in [4.69, 9.17) is 5.11 Å². The molecule has 0 spiro atoms. The molecular weight excluding hydrogens is 265 g/mol. The van der Waals surface area contributed by atoms with Gasteiger partial charge in [-0.05, 0) is 24.3 Å². The van der Waals surface area contributed by atoms with Crippen LogP contribution in [0.4, 0.5) is 13.2 Å². The molecule has 0 saturated carbocycles. The number of benzene rings is 1. The van der Waals surface area contributed by atoms with Crippen LogP contribution in [-0.4, -0.2) is 23.2 Å². The summed E-state index contributed by atoms with van der Waals surface area (Å²) in [6.45, 7) is 1.44. The van der Waals surface area contributed by atoms with Crippen LogP contribution in [0.1, 0.15) is 23.7 Å². The van der Waals surface area contributed by atoms with Gasteiger partial charge >= 0.3 is 12.3 Å². The summed E-state index contributed by atoms with van der Waals surface area (Å²) in [6, 6.07) is 4.35. The number of carboxylic acids is 1. The molecule has 1 atom stereocenters. The van der Waals surface area contributed by atoms with Crippen molar-refractivity contribution in [1.29, 1.82) is 0 Å². The molecule has 1 unspecified atom stereocenters. The van der Waals surface area contributed by atoms with E-state index in [-0.39, 0.29) is 12.0 Å². The summed E-state index contributed by atoms with van der Waals surface area (Å²) in [6.07, 6.45) is -5.12. The van der Waals surface area contributed by atoms with Gasteiger partial charge in [0, 0.05) is 11.5 Å². The van der Waals surface area contributed by atoms with Crippen molar-refractivity contribution in [2.24, 2.45) is 5.92 Å². The number of carboxylic acid groups (broad SMARTS) is 1. The minimum Gasteiger partial charge on any atom is -0.481 e. The molecule has 1 N–H and O–H groups in total. The van der Waals surface area contributed by atoms with Gasteiger partial charge in [0.2, 0.25) is 0 Å². The van der Waals surface area contributed by atoms with Crippen molar-refractivity contribution in [1.82, 2.24) is 0 Å². The molecule has 0 amide bonds. The van der Waals surface area contributed by atoms with Crippen molar-refractivity contribution in [2.45, 2.75) is 19.7 Å². The number of ether oxygens (including phenoxy) is 1. The van der Waals surface area contributed by atoms with Gasteiger partial charge in [0.25, 0.3) is 0 Å². The maximum atomic E-state index is 11.9. The molecule has 1 rings (SSSR count). The predicted molar refractivity (Wildman–Crippen MR) is 58.9 cm³/mol. The fraction of sp³-hybridized carbons (Fsp3) is 0.333. The Morgan fingerprint density at radius 2 is 1.79 bits per heavy atom. The number of carbonyl (C=O) groups is 2. The van der Waals surface area contributed by atoms with Crippen LogP contribution in [0.2, 0.25) is 0 Å². The highest BCUT2D eigenvalue weighted by Gasteiger charge is 2.31. The van der Waals surface area contributed by atoms with Crippen LogP contribution < -0.4 is 4.74 Å². The highest BCUT2D eigenvalue weighted by atomic mass is 19.4. The molecule has 1 aromatic carbocycles. The first-order valence-electron chi connectivity index (χ1n) is 5.31. The number of hydrogen-bond donors (Lipinski definition) is 1. The van der Waals surface area contributed by atoms with Crippen LogP contribution in [0, 0.1) is 5.92 Å². The zero-order chi connectivity index (χ0) is 14.6. The number of carbonyl (C=O) groups excluding carboxylic acids is 1. The lowest BCUT2D eigenvalue weighted by molar-refractivity contribution is -0.274. The van der Waals surface area contributed by atoms with Gasteiger partial charge < -0.3 is 9.84 Å². The Bertz CT molecular complexity index is 465.